The molecule has 2 aromatic rings. The molecule has 2 aliphatic rings. The zero-order chi connectivity index (χ0) is 42.2. The first-order chi connectivity index (χ1) is 28.6. The van der Waals surface area contributed by atoms with Crippen LogP contribution in [0.25, 0.3) is 0 Å². The molecule has 13 heteroatoms. The Balaban J connectivity index is 1.04. The molecule has 0 amide bonds. The van der Waals surface area contributed by atoms with Crippen LogP contribution in [0.15, 0.2) is 73.8 Å². The van der Waals surface area contributed by atoms with Gasteiger partial charge in [0.25, 0.3) is 0 Å². The number of carbonyl (C=O) groups is 6. The molecular formula is C46H58O13. The Labute approximate surface area is 346 Å². The Kier molecular flexibility index (Phi) is 20.2. The van der Waals surface area contributed by atoms with Gasteiger partial charge in [-0.1, -0.05) is 13.2 Å². The Morgan fingerprint density at radius 2 is 0.712 bits per heavy atom. The third-order valence-corrected chi connectivity index (χ3v) is 10.5. The van der Waals surface area contributed by atoms with Gasteiger partial charge in [0.2, 0.25) is 0 Å². The molecule has 0 radical (unpaired) electrons. The average molecular weight is 819 g/mol. The Bertz CT molecular complexity index is 1540. The highest BCUT2D eigenvalue weighted by molar-refractivity contribution is 5.88. The van der Waals surface area contributed by atoms with Gasteiger partial charge in [-0.15, -0.1) is 0 Å². The van der Waals surface area contributed by atoms with Gasteiger partial charge < -0.3 is 33.2 Å². The quantitative estimate of drug-likeness (QED) is 0.0249. The van der Waals surface area contributed by atoms with E-state index in [1.165, 1.54) is 0 Å². The molecule has 320 valence electrons. The average Bonchev–Trinajstić information content (AvgIpc) is 3.26. The van der Waals surface area contributed by atoms with Crippen molar-refractivity contribution in [2.45, 2.75) is 103 Å². The molecule has 0 heterocycles. The lowest BCUT2D eigenvalue weighted by Gasteiger charge is -2.28. The topological polar surface area (TPSA) is 167 Å². The van der Waals surface area contributed by atoms with E-state index in [4.69, 9.17) is 33.2 Å². The van der Waals surface area contributed by atoms with Gasteiger partial charge in [-0.3, -0.25) is 19.2 Å². The normalized spacial score (nSPS) is 18.6. The number of benzene rings is 2. The zero-order valence-electron chi connectivity index (χ0n) is 33.9. The first kappa shape index (κ1) is 46.2. The molecule has 2 aliphatic carbocycles. The van der Waals surface area contributed by atoms with E-state index in [9.17, 15) is 28.8 Å². The van der Waals surface area contributed by atoms with Crippen molar-refractivity contribution in [3.05, 3.63) is 73.8 Å². The van der Waals surface area contributed by atoms with Gasteiger partial charge in [0.1, 0.15) is 23.0 Å². The van der Waals surface area contributed by atoms with E-state index in [-0.39, 0.29) is 23.8 Å². The minimum absolute atomic E-state index is 0.358. The van der Waals surface area contributed by atoms with Crippen molar-refractivity contribution in [2.75, 3.05) is 26.4 Å². The van der Waals surface area contributed by atoms with Crippen molar-refractivity contribution in [3.63, 3.8) is 0 Å². The van der Waals surface area contributed by atoms with E-state index in [1.807, 2.05) is 0 Å². The molecule has 0 spiro atoms. The predicted molar refractivity (Wildman–Crippen MR) is 216 cm³/mol. The SMILES string of the molecule is C=CC(=O)OCCCCCCOc1ccc(OC(=O)C2CCC(C(=O)OC(=O)C3CCC(C(=O)Oc4ccc(OCCCCCCOC(=O)C=C)cc4)CC3)CC2)cc1. The van der Waals surface area contributed by atoms with Crippen molar-refractivity contribution in [3.8, 4) is 23.0 Å². The van der Waals surface area contributed by atoms with Gasteiger partial charge >= 0.3 is 35.8 Å². The summed E-state index contributed by atoms with van der Waals surface area (Å²) in [6.07, 6.45) is 12.8. The molecule has 0 aliphatic heterocycles. The van der Waals surface area contributed by atoms with Crippen molar-refractivity contribution in [1.29, 1.82) is 0 Å². The van der Waals surface area contributed by atoms with Crippen LogP contribution in [0.3, 0.4) is 0 Å². The highest BCUT2D eigenvalue weighted by Crippen LogP contribution is 2.34. The number of hydrogen-bond acceptors (Lipinski definition) is 13. The van der Waals surface area contributed by atoms with Gasteiger partial charge in [-0.25, -0.2) is 9.59 Å². The van der Waals surface area contributed by atoms with Crippen LogP contribution >= 0.6 is 0 Å². The first-order valence-electron chi connectivity index (χ1n) is 20.9. The number of rotatable bonds is 24. The maximum Gasteiger partial charge on any atom is 0.330 e. The molecule has 2 saturated carbocycles. The van der Waals surface area contributed by atoms with Crippen molar-refractivity contribution < 1.29 is 61.9 Å². The summed E-state index contributed by atoms with van der Waals surface area (Å²) in [6, 6.07) is 13.7. The molecule has 0 bridgehead atoms. The lowest BCUT2D eigenvalue weighted by atomic mass is 9.81. The molecule has 0 aromatic heterocycles. The van der Waals surface area contributed by atoms with Crippen LogP contribution < -0.4 is 18.9 Å². The van der Waals surface area contributed by atoms with E-state index in [2.05, 4.69) is 13.2 Å². The van der Waals surface area contributed by atoms with Crippen LogP contribution in [0, 0.1) is 23.7 Å². The second kappa shape index (κ2) is 25.8. The lowest BCUT2D eigenvalue weighted by molar-refractivity contribution is -0.168. The number of unbranched alkanes of at least 4 members (excludes halogenated alkanes) is 6. The summed E-state index contributed by atoms with van der Waals surface area (Å²) >= 11 is 0. The number of hydrogen-bond donors (Lipinski definition) is 0. The number of carbonyl (C=O) groups excluding carboxylic acids is 6. The third-order valence-electron chi connectivity index (χ3n) is 10.5. The number of esters is 6. The third kappa shape index (κ3) is 17.1. The van der Waals surface area contributed by atoms with E-state index >= 15 is 0 Å². The van der Waals surface area contributed by atoms with Crippen LogP contribution in [0.4, 0.5) is 0 Å². The second-order valence-corrected chi connectivity index (χ2v) is 14.9. The maximum atomic E-state index is 12.9. The second-order valence-electron chi connectivity index (χ2n) is 14.9. The molecule has 13 nitrogen and oxygen atoms in total. The summed E-state index contributed by atoms with van der Waals surface area (Å²) in [4.78, 5) is 73.6. The molecular weight excluding hydrogens is 760 g/mol. The molecule has 4 rings (SSSR count). The van der Waals surface area contributed by atoms with E-state index in [0.29, 0.717) is 101 Å². The Morgan fingerprint density at radius 1 is 0.424 bits per heavy atom. The van der Waals surface area contributed by atoms with Crippen LogP contribution in [0.5, 0.6) is 23.0 Å². The van der Waals surface area contributed by atoms with Gasteiger partial charge in [0.05, 0.1) is 50.1 Å². The fourth-order valence-corrected chi connectivity index (χ4v) is 6.96. The van der Waals surface area contributed by atoms with Crippen molar-refractivity contribution in [1.82, 2.24) is 0 Å². The monoisotopic (exact) mass is 818 g/mol. The van der Waals surface area contributed by atoms with E-state index in [0.717, 1.165) is 63.5 Å². The highest BCUT2D eigenvalue weighted by atomic mass is 16.6. The molecule has 0 unspecified atom stereocenters. The smallest absolute Gasteiger partial charge is 0.330 e. The number of ether oxygens (including phenoxy) is 7. The van der Waals surface area contributed by atoms with Gasteiger partial charge in [-0.2, -0.15) is 0 Å². The summed E-state index contributed by atoms with van der Waals surface area (Å²) < 4.78 is 37.9. The predicted octanol–water partition coefficient (Wildman–Crippen LogP) is 8.22. The van der Waals surface area contributed by atoms with Crippen LogP contribution in [0.2, 0.25) is 0 Å². The summed E-state index contributed by atoms with van der Waals surface area (Å²) in [5, 5.41) is 0. The molecule has 0 saturated heterocycles. The standard InChI is InChI=1S/C46H58O13/c1-3-41(47)55-31-11-7-5-9-29-53-37-21-25-39(26-22-37)57-43(49)33-13-17-35(18-14-33)45(51)59-46(52)36-19-15-34(16-20-36)44(50)58-40-27-23-38(24-28-40)54-30-10-6-8-12-32-56-42(48)4-2/h3-4,21-28,33-36H,1-2,5-20,29-32H2. The Hall–Kier alpha value is -5.46. The van der Waals surface area contributed by atoms with E-state index < -0.39 is 35.7 Å². The molecule has 0 N–H and O–H groups in total. The van der Waals surface area contributed by atoms with Crippen LogP contribution in [-0.4, -0.2) is 62.2 Å². The summed E-state index contributed by atoms with van der Waals surface area (Å²) in [7, 11) is 0. The first-order valence-corrected chi connectivity index (χ1v) is 20.9. The molecule has 2 aromatic carbocycles. The minimum Gasteiger partial charge on any atom is -0.494 e. The summed E-state index contributed by atoms with van der Waals surface area (Å²) in [5.41, 5.74) is 0. The zero-order valence-corrected chi connectivity index (χ0v) is 33.9. The fraction of sp³-hybridized carbons (Fsp3) is 0.522. The molecule has 0 atom stereocenters. The van der Waals surface area contributed by atoms with Crippen LogP contribution in [-0.2, 0) is 43.0 Å². The van der Waals surface area contributed by atoms with Crippen molar-refractivity contribution >= 4 is 35.8 Å². The lowest BCUT2D eigenvalue weighted by Crippen LogP contribution is -2.33. The highest BCUT2D eigenvalue weighted by Gasteiger charge is 2.36. The largest absolute Gasteiger partial charge is 0.494 e. The summed E-state index contributed by atoms with van der Waals surface area (Å²) in [6.45, 7) is 8.58. The molecule has 59 heavy (non-hydrogen) atoms. The van der Waals surface area contributed by atoms with E-state index in [1.54, 1.807) is 48.5 Å². The van der Waals surface area contributed by atoms with Crippen molar-refractivity contribution in [2.24, 2.45) is 23.7 Å². The summed E-state index contributed by atoms with van der Waals surface area (Å²) in [5.74, 6) is -2.16. The fourth-order valence-electron chi connectivity index (χ4n) is 6.96. The Morgan fingerprint density at radius 3 is 1.03 bits per heavy atom. The van der Waals surface area contributed by atoms with Gasteiger partial charge in [0.15, 0.2) is 0 Å². The molecule has 2 fully saturated rings. The van der Waals surface area contributed by atoms with Gasteiger partial charge in [-0.05, 0) is 151 Å². The van der Waals surface area contributed by atoms with Gasteiger partial charge in [0, 0.05) is 12.2 Å². The maximum absolute atomic E-state index is 12.9. The van der Waals surface area contributed by atoms with Crippen LogP contribution in [0.1, 0.15) is 103 Å². The minimum atomic E-state index is -0.566.